The number of rotatable bonds is 4. The Kier molecular flexibility index (Phi) is 8.13. The predicted octanol–water partition coefficient (Wildman–Crippen LogP) is 3.41. The van der Waals surface area contributed by atoms with Crippen molar-refractivity contribution < 1.29 is 26.6 Å². The predicted molar refractivity (Wildman–Crippen MR) is 145 cm³/mol. The number of halogens is 1. The summed E-state index contributed by atoms with van der Waals surface area (Å²) in [6, 6.07) is 1.30. The van der Waals surface area contributed by atoms with E-state index < -0.39 is 0 Å². The topological polar surface area (TPSA) is 23.5 Å². The summed E-state index contributed by atoms with van der Waals surface area (Å²) >= 11 is 0. The molecule has 0 aromatic rings. The van der Waals surface area contributed by atoms with Crippen LogP contribution in [0.5, 0.6) is 0 Å². The number of hydrogen-bond donors (Lipinski definition) is 1. The Balaban J connectivity index is 0.00000267. The molecule has 2 saturated heterocycles. The molecule has 6 fully saturated rings. The smallest absolute Gasteiger partial charge is 0.0973 e. The average molecular weight is 564 g/mol. The molecule has 4 aliphatic carbocycles. The molecule has 0 spiro atoms. The third-order valence-corrected chi connectivity index (χ3v) is 13.3. The van der Waals surface area contributed by atoms with Gasteiger partial charge in [0.05, 0.1) is 31.8 Å². The molecule has 0 aromatic heterocycles. The molecule has 6 aliphatic rings. The van der Waals surface area contributed by atoms with Crippen LogP contribution < -0.4 is 17.0 Å². The number of aliphatic hydroxyl groups excluding tert-OH is 1. The van der Waals surface area contributed by atoms with E-state index in [0.717, 1.165) is 36.1 Å². The second-order valence-electron chi connectivity index (χ2n) is 14.8. The molecule has 206 valence electrons. The van der Waals surface area contributed by atoms with Crippen molar-refractivity contribution in [3.63, 3.8) is 0 Å². The largest absolute Gasteiger partial charge is 1.00 e. The minimum atomic E-state index is -0.0881. The molecule has 2 heterocycles. The maximum atomic E-state index is 11.3. The minimum absolute atomic E-state index is 0. The molecule has 2 aliphatic heterocycles. The molecule has 0 amide bonds. The van der Waals surface area contributed by atoms with Gasteiger partial charge in [-0.15, -0.1) is 0 Å². The lowest BCUT2D eigenvalue weighted by molar-refractivity contribution is -0.950. The standard InChI is InChI=1S/C32H55N2O.BrH/c1-4-17-34(18-9-6-10-19-34)25-21-28-26-12-11-24-20-30(35)29(33-15-7-5-8-16-33)23-32(24,3)27(26)13-14-31(28,2)22-25;/h4,24-30,35H,1,5-23H2,2-3H3;1H/q+1;/p-1/t24-,25-,26?,27?,28?,29-,30-,31+,32-;/m0./s1. The first kappa shape index (κ1) is 27.7. The van der Waals surface area contributed by atoms with Gasteiger partial charge in [0.15, 0.2) is 0 Å². The zero-order chi connectivity index (χ0) is 24.3. The molecule has 6 rings (SSSR count). The molecule has 36 heavy (non-hydrogen) atoms. The minimum Gasteiger partial charge on any atom is -1.00 e. The fraction of sp³-hybridized carbons (Fsp3) is 0.938. The van der Waals surface area contributed by atoms with Crippen LogP contribution in [0.25, 0.3) is 0 Å². The van der Waals surface area contributed by atoms with Crippen molar-refractivity contribution in [3.8, 4) is 0 Å². The van der Waals surface area contributed by atoms with Crippen molar-refractivity contribution in [2.75, 3.05) is 32.7 Å². The van der Waals surface area contributed by atoms with Crippen molar-refractivity contribution in [1.82, 2.24) is 4.90 Å². The van der Waals surface area contributed by atoms with Crippen molar-refractivity contribution in [1.29, 1.82) is 0 Å². The number of hydrogen-bond acceptors (Lipinski definition) is 2. The van der Waals surface area contributed by atoms with Gasteiger partial charge in [-0.25, -0.2) is 0 Å². The second kappa shape index (κ2) is 10.6. The Morgan fingerprint density at radius 2 is 1.64 bits per heavy atom. The first-order valence-corrected chi connectivity index (χ1v) is 15.8. The summed E-state index contributed by atoms with van der Waals surface area (Å²) < 4.78 is 1.37. The Morgan fingerprint density at radius 3 is 2.36 bits per heavy atom. The van der Waals surface area contributed by atoms with Crippen molar-refractivity contribution in [2.24, 2.45) is 34.5 Å². The van der Waals surface area contributed by atoms with Gasteiger partial charge in [0.2, 0.25) is 0 Å². The highest BCUT2D eigenvalue weighted by Crippen LogP contribution is 2.67. The van der Waals surface area contributed by atoms with Crippen LogP contribution in [0.15, 0.2) is 12.7 Å². The zero-order valence-corrected chi connectivity index (χ0v) is 25.1. The molecule has 0 bridgehead atoms. The molecule has 4 saturated carbocycles. The van der Waals surface area contributed by atoms with E-state index in [4.69, 9.17) is 0 Å². The normalized spacial score (nSPS) is 48.7. The lowest BCUT2D eigenvalue weighted by Gasteiger charge is -2.62. The van der Waals surface area contributed by atoms with E-state index in [1.807, 2.05) is 0 Å². The molecule has 4 heteroatoms. The Labute approximate surface area is 232 Å². The van der Waals surface area contributed by atoms with Crippen molar-refractivity contribution in [3.05, 3.63) is 12.7 Å². The summed E-state index contributed by atoms with van der Waals surface area (Å²) in [6.07, 6.45) is 21.6. The van der Waals surface area contributed by atoms with E-state index in [0.29, 0.717) is 16.9 Å². The Morgan fingerprint density at radius 1 is 0.917 bits per heavy atom. The van der Waals surface area contributed by atoms with Crippen molar-refractivity contribution >= 4 is 0 Å². The van der Waals surface area contributed by atoms with Gasteiger partial charge < -0.3 is 26.6 Å². The van der Waals surface area contributed by atoms with E-state index in [1.165, 1.54) is 121 Å². The quantitative estimate of drug-likeness (QED) is 0.419. The van der Waals surface area contributed by atoms with E-state index >= 15 is 0 Å². The van der Waals surface area contributed by atoms with E-state index in [9.17, 15) is 5.11 Å². The molecular formula is C32H55BrN2O. The SMILES string of the molecule is C=CC[N+]1([C@H]2CC3C4CC[C@H]5C[C@H](O)[C@@H](N6CCCCC6)C[C@]5(C)C4CC[C@]3(C)C2)CCCCC1.[Br-]. The van der Waals surface area contributed by atoms with Crippen LogP contribution in [-0.4, -0.2) is 65.4 Å². The van der Waals surface area contributed by atoms with Crippen LogP contribution in [0.4, 0.5) is 0 Å². The van der Waals surface area contributed by atoms with E-state index in [1.54, 1.807) is 0 Å². The lowest BCUT2D eigenvalue weighted by atomic mass is 9.44. The molecule has 9 atom stereocenters. The molecule has 0 aromatic carbocycles. The third-order valence-electron chi connectivity index (χ3n) is 13.3. The van der Waals surface area contributed by atoms with E-state index in [2.05, 4.69) is 31.4 Å². The maximum Gasteiger partial charge on any atom is 0.0973 e. The van der Waals surface area contributed by atoms with Crippen LogP contribution in [0.1, 0.15) is 104 Å². The summed E-state index contributed by atoms with van der Waals surface area (Å²) in [5, 5.41) is 11.3. The summed E-state index contributed by atoms with van der Waals surface area (Å²) in [5.41, 5.74) is 1.02. The summed E-state index contributed by atoms with van der Waals surface area (Å²) in [6.45, 7) is 16.1. The highest BCUT2D eigenvalue weighted by atomic mass is 79.9. The summed E-state index contributed by atoms with van der Waals surface area (Å²) in [5.74, 6) is 3.52. The number of aliphatic hydroxyl groups is 1. The molecule has 3 unspecified atom stereocenters. The van der Waals surface area contributed by atoms with E-state index in [-0.39, 0.29) is 23.1 Å². The first-order valence-electron chi connectivity index (χ1n) is 15.8. The van der Waals surface area contributed by atoms with Gasteiger partial charge in [0.25, 0.3) is 0 Å². The van der Waals surface area contributed by atoms with Gasteiger partial charge in [0, 0.05) is 18.9 Å². The van der Waals surface area contributed by atoms with Crippen LogP contribution >= 0.6 is 0 Å². The Bertz CT molecular complexity index is 776. The van der Waals surface area contributed by atoms with Crippen LogP contribution in [0, 0.1) is 34.5 Å². The van der Waals surface area contributed by atoms with Gasteiger partial charge in [-0.3, -0.25) is 4.90 Å². The first-order chi connectivity index (χ1) is 16.9. The molecule has 3 nitrogen and oxygen atoms in total. The number of quaternary nitrogens is 1. The monoisotopic (exact) mass is 562 g/mol. The maximum absolute atomic E-state index is 11.3. The average Bonchev–Trinajstić information content (AvgIpc) is 3.24. The molecule has 0 radical (unpaired) electrons. The highest BCUT2D eigenvalue weighted by Gasteiger charge is 2.62. The number of likely N-dealkylation sites (tertiary alicyclic amines) is 2. The molecule has 1 N–H and O–H groups in total. The third kappa shape index (κ3) is 4.50. The van der Waals surface area contributed by atoms with Gasteiger partial charge in [-0.05, 0) is 124 Å². The van der Waals surface area contributed by atoms with Gasteiger partial charge >= 0.3 is 0 Å². The summed E-state index contributed by atoms with van der Waals surface area (Å²) in [7, 11) is 0. The zero-order valence-electron chi connectivity index (χ0n) is 23.5. The lowest BCUT2D eigenvalue weighted by Crippen LogP contribution is -3.00. The van der Waals surface area contributed by atoms with Gasteiger partial charge in [-0.2, -0.15) is 0 Å². The highest BCUT2D eigenvalue weighted by molar-refractivity contribution is 5.11. The van der Waals surface area contributed by atoms with Crippen molar-refractivity contribution in [2.45, 2.75) is 122 Å². The number of fused-ring (bicyclic) bond motifs is 5. The van der Waals surface area contributed by atoms with Crippen LogP contribution in [0.2, 0.25) is 0 Å². The summed E-state index contributed by atoms with van der Waals surface area (Å²) in [4.78, 5) is 2.71. The number of piperidine rings is 2. The van der Waals surface area contributed by atoms with Crippen LogP contribution in [-0.2, 0) is 0 Å². The second-order valence-corrected chi connectivity index (χ2v) is 14.8. The van der Waals surface area contributed by atoms with Crippen LogP contribution in [0.3, 0.4) is 0 Å². The fourth-order valence-electron chi connectivity index (χ4n) is 11.4. The fourth-order valence-corrected chi connectivity index (χ4v) is 11.4. The number of nitrogens with zero attached hydrogens (tertiary/aromatic N) is 2. The Hall–Kier alpha value is 0.100. The van der Waals surface area contributed by atoms with Gasteiger partial charge in [0.1, 0.15) is 0 Å². The molecular weight excluding hydrogens is 508 g/mol. The van der Waals surface area contributed by atoms with Gasteiger partial charge in [-0.1, -0.05) is 26.8 Å².